The predicted molar refractivity (Wildman–Crippen MR) is 65.7 cm³/mol. The van der Waals surface area contributed by atoms with Gasteiger partial charge in [-0.15, -0.1) is 0 Å². The third-order valence-corrected chi connectivity index (χ3v) is 3.64. The molecule has 2 rings (SSSR count). The van der Waals surface area contributed by atoms with Gasteiger partial charge in [-0.3, -0.25) is 4.79 Å². The number of likely N-dealkylation sites (tertiary alicyclic amines) is 1. The topological polar surface area (TPSA) is 55.8 Å². The molecule has 2 heterocycles. The number of aliphatic hydroxyl groups excluding tert-OH is 1. The Morgan fingerprint density at radius 2 is 2.29 bits per heavy atom. The second kappa shape index (κ2) is 5.33. The van der Waals surface area contributed by atoms with Gasteiger partial charge in [-0.25, -0.2) is 0 Å². The van der Waals surface area contributed by atoms with E-state index in [1.54, 1.807) is 0 Å². The van der Waals surface area contributed by atoms with Crippen molar-refractivity contribution in [2.24, 2.45) is 0 Å². The zero-order chi connectivity index (χ0) is 12.4. The minimum atomic E-state index is -0.362. The fraction of sp³-hybridized carbons (Fsp3) is 0.917. The third kappa shape index (κ3) is 2.97. The van der Waals surface area contributed by atoms with E-state index in [1.165, 1.54) is 0 Å². The van der Waals surface area contributed by atoms with Crippen LogP contribution in [0.5, 0.6) is 0 Å². The van der Waals surface area contributed by atoms with E-state index in [9.17, 15) is 9.90 Å². The predicted octanol–water partition coefficient (Wildman–Crippen LogP) is -0.738. The molecule has 0 aromatic heterocycles. The van der Waals surface area contributed by atoms with E-state index in [0.29, 0.717) is 19.0 Å². The molecular formula is C12H23N3O2. The SMILES string of the molecule is CN(C)CC1CCCN1C(=O)C1CC(O)CN1. The van der Waals surface area contributed by atoms with Gasteiger partial charge < -0.3 is 20.2 Å². The summed E-state index contributed by atoms with van der Waals surface area (Å²) in [4.78, 5) is 16.4. The van der Waals surface area contributed by atoms with Gasteiger partial charge in [-0.1, -0.05) is 0 Å². The molecule has 98 valence electrons. The second-order valence-electron chi connectivity index (χ2n) is 5.44. The number of amides is 1. The Kier molecular flexibility index (Phi) is 4.01. The van der Waals surface area contributed by atoms with Crippen LogP contribution < -0.4 is 5.32 Å². The van der Waals surface area contributed by atoms with Crippen LogP contribution in [0.4, 0.5) is 0 Å². The van der Waals surface area contributed by atoms with Crippen LogP contribution in [0.25, 0.3) is 0 Å². The lowest BCUT2D eigenvalue weighted by atomic mass is 10.1. The summed E-state index contributed by atoms with van der Waals surface area (Å²) < 4.78 is 0. The van der Waals surface area contributed by atoms with E-state index in [-0.39, 0.29) is 18.1 Å². The summed E-state index contributed by atoms with van der Waals surface area (Å²) in [6.45, 7) is 2.34. The molecule has 5 heteroatoms. The molecule has 0 aromatic carbocycles. The van der Waals surface area contributed by atoms with Crippen LogP contribution in [0.3, 0.4) is 0 Å². The molecule has 0 saturated carbocycles. The first-order valence-corrected chi connectivity index (χ1v) is 6.44. The van der Waals surface area contributed by atoms with E-state index in [4.69, 9.17) is 0 Å². The van der Waals surface area contributed by atoms with E-state index < -0.39 is 0 Å². The Hall–Kier alpha value is -0.650. The molecule has 0 spiro atoms. The zero-order valence-corrected chi connectivity index (χ0v) is 10.7. The number of aliphatic hydroxyl groups is 1. The smallest absolute Gasteiger partial charge is 0.240 e. The highest BCUT2D eigenvalue weighted by Crippen LogP contribution is 2.21. The standard InChI is InChI=1S/C12H23N3O2/c1-14(2)8-9-4-3-5-15(9)12(17)11-6-10(16)7-13-11/h9-11,13,16H,3-8H2,1-2H3. The van der Waals surface area contributed by atoms with Crippen LogP contribution >= 0.6 is 0 Å². The minimum absolute atomic E-state index is 0.172. The second-order valence-corrected chi connectivity index (χ2v) is 5.44. The van der Waals surface area contributed by atoms with Gasteiger partial charge in [0.2, 0.25) is 5.91 Å². The number of β-amino-alcohol motifs (C(OH)–C–C–N with tert-alkyl or cyclic N) is 1. The van der Waals surface area contributed by atoms with Gasteiger partial charge in [0.05, 0.1) is 12.1 Å². The third-order valence-electron chi connectivity index (χ3n) is 3.64. The highest BCUT2D eigenvalue weighted by molar-refractivity contribution is 5.82. The molecule has 3 unspecified atom stereocenters. The van der Waals surface area contributed by atoms with Gasteiger partial charge in [0.25, 0.3) is 0 Å². The largest absolute Gasteiger partial charge is 0.392 e. The van der Waals surface area contributed by atoms with Crippen molar-refractivity contribution in [1.82, 2.24) is 15.1 Å². The minimum Gasteiger partial charge on any atom is -0.392 e. The average molecular weight is 241 g/mol. The fourth-order valence-electron chi connectivity index (χ4n) is 2.84. The Balaban J connectivity index is 1.93. The first-order chi connectivity index (χ1) is 8.08. The van der Waals surface area contributed by atoms with Gasteiger partial charge in [0, 0.05) is 25.7 Å². The van der Waals surface area contributed by atoms with Crippen LogP contribution in [0.1, 0.15) is 19.3 Å². The first kappa shape index (κ1) is 12.8. The molecule has 2 aliphatic rings. The maximum absolute atomic E-state index is 12.3. The van der Waals surface area contributed by atoms with Crippen LogP contribution in [0.15, 0.2) is 0 Å². The quantitative estimate of drug-likeness (QED) is 0.683. The van der Waals surface area contributed by atoms with Crippen molar-refractivity contribution in [2.75, 3.05) is 33.7 Å². The summed E-state index contributed by atoms with van der Waals surface area (Å²) in [6.07, 6.45) is 2.39. The number of hydrogen-bond acceptors (Lipinski definition) is 4. The van der Waals surface area contributed by atoms with Crippen molar-refractivity contribution in [3.05, 3.63) is 0 Å². The van der Waals surface area contributed by atoms with Gasteiger partial charge in [-0.2, -0.15) is 0 Å². The van der Waals surface area contributed by atoms with E-state index in [1.807, 2.05) is 19.0 Å². The molecule has 17 heavy (non-hydrogen) atoms. The number of nitrogens with one attached hydrogen (secondary N) is 1. The molecule has 1 amide bonds. The summed E-state index contributed by atoms with van der Waals surface area (Å²) in [5.74, 6) is 0.172. The van der Waals surface area contributed by atoms with Gasteiger partial charge in [-0.05, 0) is 33.4 Å². The summed E-state index contributed by atoms with van der Waals surface area (Å²) in [7, 11) is 4.08. The molecule has 2 aliphatic heterocycles. The highest BCUT2D eigenvalue weighted by Gasteiger charge is 2.36. The maximum atomic E-state index is 12.3. The molecule has 2 saturated heterocycles. The van der Waals surface area contributed by atoms with Crippen LogP contribution in [0.2, 0.25) is 0 Å². The Morgan fingerprint density at radius 1 is 1.53 bits per heavy atom. The lowest BCUT2D eigenvalue weighted by molar-refractivity contribution is -0.134. The number of rotatable bonds is 3. The highest BCUT2D eigenvalue weighted by atomic mass is 16.3. The summed E-state index contributed by atoms with van der Waals surface area (Å²) in [5, 5.41) is 12.6. The van der Waals surface area contributed by atoms with Gasteiger partial charge >= 0.3 is 0 Å². The summed E-state index contributed by atoms with van der Waals surface area (Å²) >= 11 is 0. The summed E-state index contributed by atoms with van der Waals surface area (Å²) in [6, 6.07) is 0.171. The normalized spacial score (nSPS) is 33.6. The lowest BCUT2D eigenvalue weighted by Gasteiger charge is -2.29. The molecule has 0 bridgehead atoms. The average Bonchev–Trinajstić information content (AvgIpc) is 2.85. The zero-order valence-electron chi connectivity index (χ0n) is 10.7. The van der Waals surface area contributed by atoms with Crippen molar-refractivity contribution in [3.63, 3.8) is 0 Å². The Labute approximate surface area is 103 Å². The van der Waals surface area contributed by atoms with Crippen LogP contribution in [0, 0.1) is 0 Å². The van der Waals surface area contributed by atoms with E-state index in [0.717, 1.165) is 25.9 Å². The number of hydrogen-bond donors (Lipinski definition) is 2. The Morgan fingerprint density at radius 3 is 2.88 bits per heavy atom. The fourth-order valence-corrected chi connectivity index (χ4v) is 2.84. The molecule has 2 fully saturated rings. The molecule has 0 radical (unpaired) electrons. The maximum Gasteiger partial charge on any atom is 0.240 e. The summed E-state index contributed by atoms with van der Waals surface area (Å²) in [5.41, 5.74) is 0. The van der Waals surface area contributed by atoms with Crippen molar-refractivity contribution in [3.8, 4) is 0 Å². The molecule has 0 aromatic rings. The van der Waals surface area contributed by atoms with Gasteiger partial charge in [0.1, 0.15) is 0 Å². The van der Waals surface area contributed by atoms with E-state index in [2.05, 4.69) is 10.2 Å². The van der Waals surface area contributed by atoms with Crippen LogP contribution in [-0.2, 0) is 4.79 Å². The van der Waals surface area contributed by atoms with E-state index >= 15 is 0 Å². The van der Waals surface area contributed by atoms with Crippen molar-refractivity contribution < 1.29 is 9.90 Å². The Bertz CT molecular complexity index is 283. The lowest BCUT2D eigenvalue weighted by Crippen LogP contribution is -2.48. The number of carbonyl (C=O) groups excluding carboxylic acids is 1. The first-order valence-electron chi connectivity index (χ1n) is 6.44. The molecule has 5 nitrogen and oxygen atoms in total. The van der Waals surface area contributed by atoms with Crippen LogP contribution in [-0.4, -0.2) is 72.7 Å². The number of likely N-dealkylation sites (N-methyl/N-ethyl adjacent to an activating group) is 1. The number of carbonyl (C=O) groups is 1. The van der Waals surface area contributed by atoms with Crippen molar-refractivity contribution >= 4 is 5.91 Å². The van der Waals surface area contributed by atoms with Gasteiger partial charge in [0.15, 0.2) is 0 Å². The molecule has 2 N–H and O–H groups in total. The van der Waals surface area contributed by atoms with Crippen molar-refractivity contribution in [2.45, 2.75) is 37.5 Å². The monoisotopic (exact) mass is 241 g/mol. The molecule has 3 atom stereocenters. The van der Waals surface area contributed by atoms with Crippen molar-refractivity contribution in [1.29, 1.82) is 0 Å². The number of nitrogens with zero attached hydrogens (tertiary/aromatic N) is 2. The molecule has 0 aliphatic carbocycles. The molecular weight excluding hydrogens is 218 g/mol.